The number of sulfonamides is 1. The zero-order valence-electron chi connectivity index (χ0n) is 16.5. The molecule has 0 saturated carbocycles. The predicted molar refractivity (Wildman–Crippen MR) is 105 cm³/mol. The van der Waals surface area contributed by atoms with Gasteiger partial charge >= 0.3 is 0 Å². The van der Waals surface area contributed by atoms with Crippen molar-refractivity contribution in [3.05, 3.63) is 12.3 Å². The molecule has 11 heteroatoms. The van der Waals surface area contributed by atoms with Crippen LogP contribution in [0.3, 0.4) is 0 Å². The van der Waals surface area contributed by atoms with Crippen molar-refractivity contribution in [1.29, 1.82) is 0 Å². The molecular formula is C18H26N4O6S. The Balaban J connectivity index is 2.04. The van der Waals surface area contributed by atoms with Crippen molar-refractivity contribution in [3.8, 4) is 0 Å². The molecule has 0 radical (unpaired) electrons. The van der Waals surface area contributed by atoms with Gasteiger partial charge in [-0.25, -0.2) is 13.4 Å². The molecule has 3 atom stereocenters. The molecule has 10 nitrogen and oxygen atoms in total. The van der Waals surface area contributed by atoms with Gasteiger partial charge in [0.2, 0.25) is 16.9 Å². The molecule has 3 unspecified atom stereocenters. The van der Waals surface area contributed by atoms with Gasteiger partial charge in [-0.05, 0) is 19.3 Å². The molecule has 2 heterocycles. The minimum atomic E-state index is -4.19. The first kappa shape index (κ1) is 22.9. The Morgan fingerprint density at radius 1 is 1.31 bits per heavy atom. The summed E-state index contributed by atoms with van der Waals surface area (Å²) in [5.41, 5.74) is 5.21. The third kappa shape index (κ3) is 5.57. The van der Waals surface area contributed by atoms with Crippen molar-refractivity contribution in [2.24, 2.45) is 22.6 Å². The summed E-state index contributed by atoms with van der Waals surface area (Å²) >= 11 is 0. The summed E-state index contributed by atoms with van der Waals surface area (Å²) in [5, 5.41) is 2.08. The minimum absolute atomic E-state index is 0.0464. The molecule has 2 rings (SSSR count). The Kier molecular flexibility index (Phi) is 7.42. The first-order valence-electron chi connectivity index (χ1n) is 9.42. The fourth-order valence-electron chi connectivity index (χ4n) is 3.19. The van der Waals surface area contributed by atoms with E-state index in [2.05, 4.69) is 10.3 Å². The van der Waals surface area contributed by atoms with E-state index in [0.717, 1.165) is 4.31 Å². The molecule has 160 valence electrons. The highest BCUT2D eigenvalue weighted by molar-refractivity contribution is 8.06. The van der Waals surface area contributed by atoms with Gasteiger partial charge in [-0.15, -0.1) is 0 Å². The molecule has 0 aromatic heterocycles. The van der Waals surface area contributed by atoms with Gasteiger partial charge in [-0.1, -0.05) is 19.9 Å². The fourth-order valence-corrected chi connectivity index (χ4v) is 4.67. The van der Waals surface area contributed by atoms with E-state index < -0.39 is 62.9 Å². The number of carbonyl (C=O) groups excluding carboxylic acids is 4. The Hall–Kier alpha value is -2.40. The highest BCUT2D eigenvalue weighted by Crippen LogP contribution is 2.18. The molecule has 0 aliphatic carbocycles. The van der Waals surface area contributed by atoms with Crippen LogP contribution in [0.1, 0.15) is 39.5 Å². The van der Waals surface area contributed by atoms with Crippen LogP contribution in [0, 0.1) is 11.8 Å². The molecule has 3 N–H and O–H groups in total. The largest absolute Gasteiger partial charge is 0.369 e. The molecular weight excluding hydrogens is 400 g/mol. The first-order chi connectivity index (χ1) is 13.5. The molecule has 1 fully saturated rings. The van der Waals surface area contributed by atoms with Gasteiger partial charge in [0.15, 0.2) is 11.6 Å². The minimum Gasteiger partial charge on any atom is -0.369 e. The lowest BCUT2D eigenvalue weighted by Gasteiger charge is -2.21. The lowest BCUT2D eigenvalue weighted by molar-refractivity contribution is -0.130. The standard InChI is InChI=1S/C18H26N4O6S/c1-11(16(19)25)9-12(2)17(26)21-13-5-4-8-22(10-15(13)24)29(27,28)18-14(23)6-3-7-20-18/h3,7,11-13H,4-6,8-10H2,1-2H3,(H2,19,25)(H,21,26). The van der Waals surface area contributed by atoms with E-state index in [0.29, 0.717) is 6.42 Å². The van der Waals surface area contributed by atoms with Crippen LogP contribution in [0.5, 0.6) is 0 Å². The third-order valence-corrected chi connectivity index (χ3v) is 6.81. The summed E-state index contributed by atoms with van der Waals surface area (Å²) in [7, 11) is -4.19. The van der Waals surface area contributed by atoms with Crippen LogP contribution >= 0.6 is 0 Å². The molecule has 2 amide bonds. The van der Waals surface area contributed by atoms with Crippen LogP contribution in [0.4, 0.5) is 0 Å². The van der Waals surface area contributed by atoms with Gasteiger partial charge in [-0.2, -0.15) is 4.31 Å². The predicted octanol–water partition coefficient (Wildman–Crippen LogP) is -0.501. The highest BCUT2D eigenvalue weighted by atomic mass is 32.2. The van der Waals surface area contributed by atoms with Crippen LogP contribution in [0.25, 0.3) is 0 Å². The van der Waals surface area contributed by atoms with E-state index >= 15 is 0 Å². The van der Waals surface area contributed by atoms with E-state index in [1.807, 2.05) is 0 Å². The summed E-state index contributed by atoms with van der Waals surface area (Å²) < 4.78 is 26.4. The van der Waals surface area contributed by atoms with Crippen LogP contribution in [-0.4, -0.2) is 60.3 Å². The van der Waals surface area contributed by atoms with Gasteiger partial charge in [0, 0.05) is 31.0 Å². The summed E-state index contributed by atoms with van der Waals surface area (Å²) in [4.78, 5) is 51.7. The summed E-state index contributed by atoms with van der Waals surface area (Å²) in [6, 6.07) is -0.835. The zero-order valence-corrected chi connectivity index (χ0v) is 17.3. The van der Waals surface area contributed by atoms with Gasteiger partial charge in [-0.3, -0.25) is 19.2 Å². The Morgan fingerprint density at radius 2 is 2.00 bits per heavy atom. The molecule has 0 bridgehead atoms. The average Bonchev–Trinajstić information content (AvgIpc) is 2.83. The summed E-state index contributed by atoms with van der Waals surface area (Å²) in [6.45, 7) is 2.85. The topological polar surface area (TPSA) is 156 Å². The third-order valence-electron chi connectivity index (χ3n) is 5.00. The maximum atomic E-state index is 12.7. The molecule has 0 aromatic rings. The molecule has 0 aromatic carbocycles. The molecule has 29 heavy (non-hydrogen) atoms. The van der Waals surface area contributed by atoms with Gasteiger partial charge in [0.25, 0.3) is 10.0 Å². The lowest BCUT2D eigenvalue weighted by Crippen LogP contribution is -2.47. The van der Waals surface area contributed by atoms with Crippen molar-refractivity contribution in [1.82, 2.24) is 9.62 Å². The number of nitrogens with one attached hydrogen (secondary N) is 1. The van der Waals surface area contributed by atoms with E-state index in [-0.39, 0.29) is 25.8 Å². The second-order valence-corrected chi connectivity index (χ2v) is 9.25. The quantitative estimate of drug-likeness (QED) is 0.583. The highest BCUT2D eigenvalue weighted by Gasteiger charge is 2.37. The van der Waals surface area contributed by atoms with Gasteiger partial charge in [0.1, 0.15) is 0 Å². The maximum Gasteiger partial charge on any atom is 0.264 e. The van der Waals surface area contributed by atoms with E-state index in [9.17, 15) is 27.6 Å². The van der Waals surface area contributed by atoms with Crippen molar-refractivity contribution in [3.63, 3.8) is 0 Å². The molecule has 2 aliphatic heterocycles. The number of aliphatic imine (C=N–C) groups is 1. The van der Waals surface area contributed by atoms with Crippen LogP contribution < -0.4 is 11.1 Å². The van der Waals surface area contributed by atoms with E-state index in [4.69, 9.17) is 5.73 Å². The Bertz CT molecular complexity index is 864. The Labute approximate surface area is 169 Å². The monoisotopic (exact) mass is 426 g/mol. The van der Waals surface area contributed by atoms with Crippen molar-refractivity contribution < 1.29 is 27.6 Å². The molecule has 2 aliphatic rings. The number of hydrogen-bond acceptors (Lipinski definition) is 7. The zero-order chi connectivity index (χ0) is 21.8. The number of hydrogen-bond donors (Lipinski definition) is 2. The SMILES string of the molecule is CC(CC(C)C(=O)NC1CCCN(S(=O)(=O)C2=NC=CCC2=O)CC1=O)C(N)=O. The smallest absolute Gasteiger partial charge is 0.264 e. The Morgan fingerprint density at radius 3 is 2.62 bits per heavy atom. The summed E-state index contributed by atoms with van der Waals surface area (Å²) in [6.07, 6.45) is 3.51. The number of allylic oxidation sites excluding steroid dienone is 1. The molecule has 1 saturated heterocycles. The number of Topliss-reactive ketones (excluding diaryl/α,β-unsaturated/α-hetero) is 2. The van der Waals surface area contributed by atoms with Crippen LogP contribution in [0.15, 0.2) is 17.3 Å². The first-order valence-corrected chi connectivity index (χ1v) is 10.9. The maximum absolute atomic E-state index is 12.7. The fraction of sp³-hybridized carbons (Fsp3) is 0.611. The number of amides is 2. The normalized spacial score (nSPS) is 23.1. The van der Waals surface area contributed by atoms with Crippen LogP contribution in [0.2, 0.25) is 0 Å². The van der Waals surface area contributed by atoms with E-state index in [1.54, 1.807) is 13.8 Å². The number of primary amides is 1. The van der Waals surface area contributed by atoms with Gasteiger partial charge < -0.3 is 11.1 Å². The number of nitrogens with zero attached hydrogens (tertiary/aromatic N) is 2. The van der Waals surface area contributed by atoms with Crippen molar-refractivity contribution >= 4 is 38.4 Å². The number of nitrogens with two attached hydrogens (primary N) is 1. The molecule has 0 spiro atoms. The number of rotatable bonds is 6. The number of ketones is 2. The number of carbonyl (C=O) groups is 4. The van der Waals surface area contributed by atoms with Crippen LogP contribution in [-0.2, 0) is 29.2 Å². The summed E-state index contributed by atoms with van der Waals surface area (Å²) in [5.74, 6) is -3.00. The van der Waals surface area contributed by atoms with Crippen molar-refractivity contribution in [2.45, 2.75) is 45.6 Å². The van der Waals surface area contributed by atoms with E-state index in [1.165, 1.54) is 12.3 Å². The second kappa shape index (κ2) is 9.40. The van der Waals surface area contributed by atoms with Gasteiger partial charge in [0.05, 0.1) is 12.6 Å². The average molecular weight is 426 g/mol. The lowest BCUT2D eigenvalue weighted by atomic mass is 9.95. The van der Waals surface area contributed by atoms with Crippen molar-refractivity contribution in [2.75, 3.05) is 13.1 Å². The second-order valence-electron chi connectivity index (χ2n) is 7.39.